The van der Waals surface area contributed by atoms with Gasteiger partial charge in [-0.15, -0.1) is 11.6 Å². The van der Waals surface area contributed by atoms with Gasteiger partial charge in [-0.25, -0.2) is 0 Å². The van der Waals surface area contributed by atoms with Crippen LogP contribution in [0.25, 0.3) is 6.08 Å². The van der Waals surface area contributed by atoms with E-state index in [1.165, 1.54) is 0 Å². The number of hydrogen-bond donors (Lipinski definition) is 0. The Morgan fingerprint density at radius 2 is 2.42 bits per heavy atom. The summed E-state index contributed by atoms with van der Waals surface area (Å²) in [7, 11) is 1.62. The lowest BCUT2D eigenvalue weighted by Gasteiger charge is -1.98. The van der Waals surface area contributed by atoms with E-state index < -0.39 is 0 Å². The molecule has 0 saturated heterocycles. The van der Waals surface area contributed by atoms with E-state index in [4.69, 9.17) is 16.3 Å². The molecule has 1 heterocycles. The fraction of sp³-hybridized carbons (Fsp3) is 0.222. The Balaban J connectivity index is 2.79. The standard InChI is InChI=1S/C9H10ClNO/c1-12-9-5-8(3-2-4-10)6-11-7-9/h2-3,5-7H,4H2,1H3. The molecule has 0 spiro atoms. The summed E-state index contributed by atoms with van der Waals surface area (Å²) in [6, 6.07) is 1.90. The number of aromatic nitrogens is 1. The van der Waals surface area contributed by atoms with Gasteiger partial charge >= 0.3 is 0 Å². The molecule has 64 valence electrons. The number of allylic oxidation sites excluding steroid dienone is 1. The molecule has 0 aliphatic heterocycles. The molecule has 0 atom stereocenters. The molecule has 0 fully saturated rings. The zero-order valence-electron chi connectivity index (χ0n) is 6.83. The van der Waals surface area contributed by atoms with Gasteiger partial charge in [0.1, 0.15) is 5.75 Å². The predicted octanol–water partition coefficient (Wildman–Crippen LogP) is 2.34. The highest BCUT2D eigenvalue weighted by atomic mass is 35.5. The minimum absolute atomic E-state index is 0.511. The highest BCUT2D eigenvalue weighted by Crippen LogP contribution is 2.11. The van der Waals surface area contributed by atoms with Crippen molar-refractivity contribution in [2.24, 2.45) is 0 Å². The molecule has 0 aromatic carbocycles. The van der Waals surface area contributed by atoms with Crippen LogP contribution in [0.15, 0.2) is 24.5 Å². The topological polar surface area (TPSA) is 22.1 Å². The Bertz CT molecular complexity index is 273. The molecule has 0 aliphatic rings. The van der Waals surface area contributed by atoms with Crippen molar-refractivity contribution in [3.63, 3.8) is 0 Å². The van der Waals surface area contributed by atoms with Crippen molar-refractivity contribution in [3.8, 4) is 5.75 Å². The Hall–Kier alpha value is -1.02. The Labute approximate surface area is 76.8 Å². The molecule has 1 aromatic heterocycles. The van der Waals surface area contributed by atoms with Crippen LogP contribution in [-0.4, -0.2) is 18.0 Å². The molecular weight excluding hydrogens is 174 g/mol. The van der Waals surface area contributed by atoms with Gasteiger partial charge in [-0.05, 0) is 11.6 Å². The van der Waals surface area contributed by atoms with E-state index >= 15 is 0 Å². The van der Waals surface area contributed by atoms with Gasteiger partial charge in [-0.3, -0.25) is 4.98 Å². The fourth-order valence-electron chi connectivity index (χ4n) is 0.819. The number of methoxy groups -OCH3 is 1. The molecule has 0 saturated carbocycles. The molecule has 1 rings (SSSR count). The Morgan fingerprint density at radius 1 is 1.58 bits per heavy atom. The predicted molar refractivity (Wildman–Crippen MR) is 50.5 cm³/mol. The smallest absolute Gasteiger partial charge is 0.137 e. The third kappa shape index (κ3) is 2.55. The second kappa shape index (κ2) is 4.78. The highest BCUT2D eigenvalue weighted by molar-refractivity contribution is 6.19. The van der Waals surface area contributed by atoms with Crippen LogP contribution in [0.1, 0.15) is 5.56 Å². The summed E-state index contributed by atoms with van der Waals surface area (Å²) >= 11 is 5.49. The number of nitrogens with zero attached hydrogens (tertiary/aromatic N) is 1. The molecule has 3 heteroatoms. The lowest BCUT2D eigenvalue weighted by molar-refractivity contribution is 0.413. The Kier molecular flexibility index (Phi) is 3.61. The summed E-state index contributed by atoms with van der Waals surface area (Å²) in [6.07, 6.45) is 7.18. The maximum atomic E-state index is 5.49. The summed E-state index contributed by atoms with van der Waals surface area (Å²) in [5.74, 6) is 1.27. The van der Waals surface area contributed by atoms with Gasteiger partial charge in [-0.1, -0.05) is 12.2 Å². The summed E-state index contributed by atoms with van der Waals surface area (Å²) in [6.45, 7) is 0. The SMILES string of the molecule is COc1cncc(C=CCCl)c1. The number of rotatable bonds is 3. The number of ether oxygens (including phenoxy) is 1. The molecule has 0 unspecified atom stereocenters. The largest absolute Gasteiger partial charge is 0.495 e. The number of pyridine rings is 1. The van der Waals surface area contributed by atoms with E-state index in [0.717, 1.165) is 11.3 Å². The van der Waals surface area contributed by atoms with Crippen LogP contribution in [0.2, 0.25) is 0 Å². The number of halogens is 1. The molecule has 0 N–H and O–H groups in total. The molecule has 0 amide bonds. The number of hydrogen-bond acceptors (Lipinski definition) is 2. The second-order valence-corrected chi connectivity index (χ2v) is 2.52. The van der Waals surface area contributed by atoms with Gasteiger partial charge in [0.05, 0.1) is 13.3 Å². The first-order valence-corrected chi connectivity index (χ1v) is 4.12. The lowest BCUT2D eigenvalue weighted by Crippen LogP contribution is -1.84. The maximum Gasteiger partial charge on any atom is 0.137 e. The van der Waals surface area contributed by atoms with Gasteiger partial charge in [-0.2, -0.15) is 0 Å². The molecule has 0 bridgehead atoms. The lowest BCUT2D eigenvalue weighted by atomic mass is 10.2. The first-order chi connectivity index (χ1) is 5.86. The van der Waals surface area contributed by atoms with E-state index in [2.05, 4.69) is 4.98 Å². The van der Waals surface area contributed by atoms with Crippen LogP contribution >= 0.6 is 11.6 Å². The quantitative estimate of drug-likeness (QED) is 0.672. The van der Waals surface area contributed by atoms with Crippen molar-refractivity contribution in [1.29, 1.82) is 0 Å². The van der Waals surface area contributed by atoms with Crippen LogP contribution in [0.4, 0.5) is 0 Å². The number of alkyl halides is 1. The average Bonchev–Trinajstić information content (AvgIpc) is 2.15. The molecular formula is C9H10ClNO. The fourth-order valence-corrected chi connectivity index (χ4v) is 0.908. The molecule has 1 aromatic rings. The summed E-state index contributed by atoms with van der Waals surface area (Å²) in [5.41, 5.74) is 0.995. The summed E-state index contributed by atoms with van der Waals surface area (Å²) in [5, 5.41) is 0. The van der Waals surface area contributed by atoms with E-state index in [9.17, 15) is 0 Å². The monoisotopic (exact) mass is 183 g/mol. The van der Waals surface area contributed by atoms with Crippen LogP contribution in [0.5, 0.6) is 5.75 Å². The maximum absolute atomic E-state index is 5.49. The van der Waals surface area contributed by atoms with Crippen LogP contribution in [0, 0.1) is 0 Å². The zero-order valence-corrected chi connectivity index (χ0v) is 7.58. The van der Waals surface area contributed by atoms with Crippen molar-refractivity contribution < 1.29 is 4.74 Å². The minimum Gasteiger partial charge on any atom is -0.495 e. The van der Waals surface area contributed by atoms with Gasteiger partial charge in [0.2, 0.25) is 0 Å². The van der Waals surface area contributed by atoms with Gasteiger partial charge in [0.15, 0.2) is 0 Å². The minimum atomic E-state index is 0.511. The van der Waals surface area contributed by atoms with E-state index in [0.29, 0.717) is 5.88 Å². The Morgan fingerprint density at radius 3 is 3.08 bits per heavy atom. The van der Waals surface area contributed by atoms with Gasteiger partial charge < -0.3 is 4.74 Å². The third-order valence-corrected chi connectivity index (χ3v) is 1.55. The van der Waals surface area contributed by atoms with Crippen LogP contribution in [0.3, 0.4) is 0 Å². The van der Waals surface area contributed by atoms with Crippen molar-refractivity contribution in [3.05, 3.63) is 30.1 Å². The van der Waals surface area contributed by atoms with Crippen molar-refractivity contribution in [1.82, 2.24) is 4.98 Å². The van der Waals surface area contributed by atoms with Crippen molar-refractivity contribution in [2.45, 2.75) is 0 Å². The first-order valence-electron chi connectivity index (χ1n) is 3.58. The highest BCUT2D eigenvalue weighted by Gasteiger charge is 1.91. The van der Waals surface area contributed by atoms with Crippen LogP contribution in [-0.2, 0) is 0 Å². The second-order valence-electron chi connectivity index (χ2n) is 2.21. The van der Waals surface area contributed by atoms with E-state index in [-0.39, 0.29) is 0 Å². The van der Waals surface area contributed by atoms with E-state index in [1.807, 2.05) is 18.2 Å². The molecule has 2 nitrogen and oxygen atoms in total. The first kappa shape index (κ1) is 9.07. The van der Waals surface area contributed by atoms with Crippen molar-refractivity contribution in [2.75, 3.05) is 13.0 Å². The normalized spacial score (nSPS) is 10.5. The van der Waals surface area contributed by atoms with E-state index in [1.54, 1.807) is 19.5 Å². The third-order valence-electron chi connectivity index (χ3n) is 1.37. The van der Waals surface area contributed by atoms with Crippen LogP contribution < -0.4 is 4.74 Å². The van der Waals surface area contributed by atoms with Gasteiger partial charge in [0, 0.05) is 12.1 Å². The molecule has 12 heavy (non-hydrogen) atoms. The van der Waals surface area contributed by atoms with Gasteiger partial charge in [0.25, 0.3) is 0 Å². The average molecular weight is 184 g/mol. The summed E-state index contributed by atoms with van der Waals surface area (Å²) < 4.78 is 5.01. The van der Waals surface area contributed by atoms with Crippen molar-refractivity contribution >= 4 is 17.7 Å². The molecule has 0 radical (unpaired) electrons. The zero-order chi connectivity index (χ0) is 8.81. The summed E-state index contributed by atoms with van der Waals surface area (Å²) in [4.78, 5) is 3.99. The molecule has 0 aliphatic carbocycles.